The number of furan rings is 1. The molecule has 0 aliphatic rings. The molecule has 0 fully saturated rings. The molecule has 3 aromatic heterocycles. The lowest BCUT2D eigenvalue weighted by Crippen LogP contribution is -2.08. The van der Waals surface area contributed by atoms with Crippen LogP contribution in [0, 0.1) is 13.8 Å². The first-order valence-electron chi connectivity index (χ1n) is 9.46. The predicted octanol–water partition coefficient (Wildman–Crippen LogP) is 5.62. The van der Waals surface area contributed by atoms with Crippen LogP contribution < -0.4 is 0 Å². The summed E-state index contributed by atoms with van der Waals surface area (Å²) < 4.78 is 13.0. The fourth-order valence-electron chi connectivity index (χ4n) is 3.29. The van der Waals surface area contributed by atoms with E-state index in [1.54, 1.807) is 18.4 Å². The molecule has 1 aromatic carbocycles. The summed E-state index contributed by atoms with van der Waals surface area (Å²) in [6.45, 7) is 4.80. The third-order valence-electron chi connectivity index (χ3n) is 4.88. The number of aryl methyl sites for hydroxylation is 2. The van der Waals surface area contributed by atoms with Gasteiger partial charge in [0.25, 0.3) is 11.1 Å². The summed E-state index contributed by atoms with van der Waals surface area (Å²) >= 11 is 7.18. The molecule has 30 heavy (non-hydrogen) atoms. The molecule has 0 saturated carbocycles. The Morgan fingerprint density at radius 3 is 2.70 bits per heavy atom. The largest absolute Gasteiger partial charge is 0.459 e. The molecule has 0 N–H and O–H groups in total. The summed E-state index contributed by atoms with van der Waals surface area (Å²) in [6, 6.07) is 13.3. The van der Waals surface area contributed by atoms with E-state index in [-0.39, 0.29) is 11.5 Å². The summed E-state index contributed by atoms with van der Waals surface area (Å²) in [5, 5.41) is 8.99. The van der Waals surface area contributed by atoms with Gasteiger partial charge in [0.05, 0.1) is 12.0 Å². The average molecular weight is 442 g/mol. The maximum atomic E-state index is 12.8. The van der Waals surface area contributed by atoms with Crippen molar-refractivity contribution in [3.05, 3.63) is 76.3 Å². The van der Waals surface area contributed by atoms with Crippen LogP contribution in [0.2, 0.25) is 5.02 Å². The number of ketones is 1. The monoisotopic (exact) mass is 441 g/mol. The van der Waals surface area contributed by atoms with Crippen molar-refractivity contribution in [2.75, 3.05) is 5.75 Å². The van der Waals surface area contributed by atoms with Crippen molar-refractivity contribution in [3.8, 4) is 11.7 Å². The van der Waals surface area contributed by atoms with Crippen molar-refractivity contribution in [1.82, 2.24) is 14.8 Å². The van der Waals surface area contributed by atoms with Crippen LogP contribution in [0.25, 0.3) is 11.7 Å². The minimum atomic E-state index is 0.0311. The van der Waals surface area contributed by atoms with Crippen LogP contribution in [-0.4, -0.2) is 26.3 Å². The number of halogens is 1. The normalized spacial score (nSPS) is 11.2. The van der Waals surface area contributed by atoms with Gasteiger partial charge in [-0.15, -0.1) is 10.2 Å². The number of thioether (sulfide) groups is 1. The number of carbonyl (C=O) groups is 1. The second-order valence-electron chi connectivity index (χ2n) is 6.88. The van der Waals surface area contributed by atoms with E-state index < -0.39 is 0 Å². The van der Waals surface area contributed by atoms with E-state index in [1.807, 2.05) is 44.2 Å². The number of hydrogen-bond acceptors (Lipinski definition) is 6. The molecule has 8 heteroatoms. The molecule has 3 heterocycles. The van der Waals surface area contributed by atoms with Gasteiger partial charge < -0.3 is 13.4 Å². The summed E-state index contributed by atoms with van der Waals surface area (Å²) in [7, 11) is 0. The summed E-state index contributed by atoms with van der Waals surface area (Å²) in [4.78, 5) is 12.8. The lowest BCUT2D eigenvalue weighted by Gasteiger charge is -2.10. The van der Waals surface area contributed by atoms with E-state index in [4.69, 9.17) is 20.4 Å². The number of rotatable bonds is 8. The molecule has 0 atom stereocenters. The first-order valence-corrected chi connectivity index (χ1v) is 10.8. The predicted molar refractivity (Wildman–Crippen MR) is 116 cm³/mol. The van der Waals surface area contributed by atoms with E-state index in [0.717, 1.165) is 34.9 Å². The molecule has 6 nitrogen and oxygen atoms in total. The van der Waals surface area contributed by atoms with Gasteiger partial charge in [-0.2, -0.15) is 0 Å². The van der Waals surface area contributed by atoms with Gasteiger partial charge in [0, 0.05) is 28.5 Å². The Hall–Kier alpha value is -2.77. The molecule has 0 aliphatic heterocycles. The van der Waals surface area contributed by atoms with Gasteiger partial charge in [0.2, 0.25) is 0 Å². The number of carbonyl (C=O) groups excluding carboxylic acids is 1. The minimum Gasteiger partial charge on any atom is -0.459 e. The van der Waals surface area contributed by atoms with E-state index in [1.165, 1.54) is 17.3 Å². The lowest BCUT2D eigenvalue weighted by atomic mass is 10.1. The van der Waals surface area contributed by atoms with E-state index in [0.29, 0.717) is 16.9 Å². The molecule has 0 bridgehead atoms. The topological polar surface area (TPSA) is 74.1 Å². The van der Waals surface area contributed by atoms with Crippen molar-refractivity contribution in [1.29, 1.82) is 0 Å². The van der Waals surface area contributed by atoms with Gasteiger partial charge in [-0.1, -0.05) is 35.5 Å². The first kappa shape index (κ1) is 20.5. The molecule has 0 aliphatic carbocycles. The Morgan fingerprint density at radius 2 is 1.97 bits per heavy atom. The van der Waals surface area contributed by atoms with Gasteiger partial charge >= 0.3 is 0 Å². The smallest absolute Gasteiger partial charge is 0.284 e. The number of Topliss-reactive ketones (excluding diaryl/α,β-unsaturated/α-hetero) is 1. The van der Waals surface area contributed by atoms with Crippen LogP contribution in [-0.2, 0) is 13.0 Å². The van der Waals surface area contributed by atoms with Gasteiger partial charge in [-0.05, 0) is 56.2 Å². The lowest BCUT2D eigenvalue weighted by molar-refractivity contribution is 0.102. The molecule has 4 aromatic rings. The Labute approximate surface area is 183 Å². The van der Waals surface area contributed by atoms with Crippen molar-refractivity contribution < 1.29 is 13.6 Å². The van der Waals surface area contributed by atoms with Crippen LogP contribution in [0.3, 0.4) is 0 Å². The molecule has 154 valence electrons. The van der Waals surface area contributed by atoms with Gasteiger partial charge in [0.1, 0.15) is 0 Å². The van der Waals surface area contributed by atoms with E-state index in [2.05, 4.69) is 14.8 Å². The maximum absolute atomic E-state index is 12.8. The Morgan fingerprint density at radius 1 is 1.17 bits per heavy atom. The highest BCUT2D eigenvalue weighted by Crippen LogP contribution is 2.25. The average Bonchev–Trinajstić information content (AvgIpc) is 3.47. The molecule has 0 spiro atoms. The molecule has 4 rings (SSSR count). The van der Waals surface area contributed by atoms with Crippen LogP contribution >= 0.6 is 23.4 Å². The molecule has 0 unspecified atom stereocenters. The number of benzene rings is 1. The summed E-state index contributed by atoms with van der Waals surface area (Å²) in [6.07, 6.45) is 2.41. The van der Waals surface area contributed by atoms with Crippen molar-refractivity contribution >= 4 is 29.1 Å². The fraction of sp³-hybridized carbons (Fsp3) is 0.227. The van der Waals surface area contributed by atoms with E-state index >= 15 is 0 Å². The minimum absolute atomic E-state index is 0.0311. The third-order valence-corrected chi connectivity index (χ3v) is 5.95. The number of hydrogen-bond donors (Lipinski definition) is 0. The zero-order chi connectivity index (χ0) is 21.1. The number of nitrogens with zero attached hydrogens (tertiary/aromatic N) is 3. The quantitative estimate of drug-likeness (QED) is 0.261. The second kappa shape index (κ2) is 8.93. The third kappa shape index (κ3) is 4.52. The second-order valence-corrected chi connectivity index (χ2v) is 8.24. The van der Waals surface area contributed by atoms with Gasteiger partial charge in [0.15, 0.2) is 11.5 Å². The highest BCUT2D eigenvalue weighted by Gasteiger charge is 2.18. The molecular formula is C22H20ClN3O3S. The van der Waals surface area contributed by atoms with Crippen LogP contribution in [0.5, 0.6) is 0 Å². The SMILES string of the molecule is Cc1cc(C(=O)CSc2nnc(-c3ccco3)o2)c(C)n1CCc1ccc(Cl)cc1. The van der Waals surface area contributed by atoms with Crippen molar-refractivity contribution in [2.45, 2.75) is 32.0 Å². The Bertz CT molecular complexity index is 1150. The van der Waals surface area contributed by atoms with Crippen LogP contribution in [0.4, 0.5) is 0 Å². The Balaban J connectivity index is 1.39. The number of aromatic nitrogens is 3. The summed E-state index contributed by atoms with van der Waals surface area (Å²) in [5.41, 5.74) is 3.96. The molecule has 0 amide bonds. The first-order chi connectivity index (χ1) is 14.5. The highest BCUT2D eigenvalue weighted by molar-refractivity contribution is 7.99. The van der Waals surface area contributed by atoms with Crippen molar-refractivity contribution in [3.63, 3.8) is 0 Å². The zero-order valence-corrected chi connectivity index (χ0v) is 18.2. The standard InChI is InChI=1S/C22H20ClN3O3S/c1-14-12-18(15(2)26(14)10-9-16-5-7-17(23)8-6-16)19(27)13-30-22-25-24-21(29-22)20-4-3-11-28-20/h3-8,11-12H,9-10,13H2,1-2H3. The van der Waals surface area contributed by atoms with Crippen molar-refractivity contribution in [2.24, 2.45) is 0 Å². The fourth-order valence-corrected chi connectivity index (χ4v) is 4.06. The Kier molecular flexibility index (Phi) is 6.11. The molecule has 0 radical (unpaired) electrons. The van der Waals surface area contributed by atoms with E-state index in [9.17, 15) is 4.79 Å². The van der Waals surface area contributed by atoms with Crippen LogP contribution in [0.1, 0.15) is 27.3 Å². The van der Waals surface area contributed by atoms with Gasteiger partial charge in [-0.3, -0.25) is 4.79 Å². The summed E-state index contributed by atoms with van der Waals surface area (Å²) in [5.74, 6) is 1.06. The van der Waals surface area contributed by atoms with Gasteiger partial charge in [-0.25, -0.2) is 0 Å². The zero-order valence-electron chi connectivity index (χ0n) is 16.6. The molecule has 0 saturated heterocycles. The molecular weight excluding hydrogens is 422 g/mol. The van der Waals surface area contributed by atoms with Crippen LogP contribution in [0.15, 0.2) is 62.8 Å². The maximum Gasteiger partial charge on any atom is 0.284 e. The highest BCUT2D eigenvalue weighted by atomic mass is 35.5.